The molecule has 1 aromatic heterocycles. The van der Waals surface area contributed by atoms with Crippen LogP contribution >= 0.6 is 11.6 Å². The van der Waals surface area contributed by atoms with Gasteiger partial charge >= 0.3 is 0 Å². The number of pyridine rings is 1. The lowest BCUT2D eigenvalue weighted by Crippen LogP contribution is -2.47. The second-order valence-electron chi connectivity index (χ2n) is 13.1. The lowest BCUT2D eigenvalue weighted by molar-refractivity contribution is -0.127. The van der Waals surface area contributed by atoms with Gasteiger partial charge in [-0.2, -0.15) is 0 Å². The zero-order valence-electron chi connectivity index (χ0n) is 29.8. The van der Waals surface area contributed by atoms with Gasteiger partial charge in [-0.25, -0.2) is 9.37 Å². The molecule has 268 valence electrons. The van der Waals surface area contributed by atoms with E-state index in [0.29, 0.717) is 47.7 Å². The molecule has 0 unspecified atom stereocenters. The molecule has 1 saturated heterocycles. The summed E-state index contributed by atoms with van der Waals surface area (Å²) in [6, 6.07) is 29.0. The number of halogens is 2. The summed E-state index contributed by atoms with van der Waals surface area (Å²) in [5.41, 5.74) is 6.67. The van der Waals surface area contributed by atoms with E-state index >= 15 is 0 Å². The SMILES string of the molecule is Cc1ccc(OCCc2ccc(CN3CCN(C(=O)C=Cc4cc(C)c(Oc5ccc(OCc6ccc(C)c(F)c6)cn5)c(Cl)c4)CC3)cc2)cc1. The summed E-state index contributed by atoms with van der Waals surface area (Å²) in [5.74, 6) is 1.99. The number of carbonyl (C=O) groups is 1. The molecular formula is C43H43ClFN3O4. The highest BCUT2D eigenvalue weighted by Crippen LogP contribution is 2.34. The number of ether oxygens (including phenoxy) is 3. The van der Waals surface area contributed by atoms with Crippen LogP contribution in [0.5, 0.6) is 23.1 Å². The van der Waals surface area contributed by atoms with E-state index in [2.05, 4.69) is 53.2 Å². The van der Waals surface area contributed by atoms with Gasteiger partial charge in [0.1, 0.15) is 23.9 Å². The zero-order valence-corrected chi connectivity index (χ0v) is 30.5. The van der Waals surface area contributed by atoms with Gasteiger partial charge in [0.05, 0.1) is 17.8 Å². The Morgan fingerprint density at radius 1 is 0.808 bits per heavy atom. The van der Waals surface area contributed by atoms with Gasteiger partial charge in [-0.1, -0.05) is 65.7 Å². The Labute approximate surface area is 310 Å². The Morgan fingerprint density at radius 3 is 2.21 bits per heavy atom. The van der Waals surface area contributed by atoms with Crippen molar-refractivity contribution in [1.29, 1.82) is 0 Å². The molecule has 0 aliphatic carbocycles. The first kappa shape index (κ1) is 36.6. The van der Waals surface area contributed by atoms with Crippen LogP contribution in [0.1, 0.15) is 38.9 Å². The van der Waals surface area contributed by atoms with Crippen molar-refractivity contribution in [3.63, 3.8) is 0 Å². The first-order valence-electron chi connectivity index (χ1n) is 17.5. The maximum Gasteiger partial charge on any atom is 0.246 e. The van der Waals surface area contributed by atoms with Gasteiger partial charge in [-0.05, 0) is 96.6 Å². The molecule has 0 spiro atoms. The Hall–Kier alpha value is -5.18. The van der Waals surface area contributed by atoms with Crippen LogP contribution in [0.2, 0.25) is 5.02 Å². The van der Waals surface area contributed by atoms with Crippen molar-refractivity contribution in [3.8, 4) is 23.1 Å². The Morgan fingerprint density at radius 2 is 1.52 bits per heavy atom. The number of aromatic nitrogens is 1. The summed E-state index contributed by atoms with van der Waals surface area (Å²) >= 11 is 6.61. The summed E-state index contributed by atoms with van der Waals surface area (Å²) in [7, 11) is 0. The van der Waals surface area contributed by atoms with Gasteiger partial charge in [0.15, 0.2) is 5.75 Å². The molecule has 1 aliphatic rings. The highest BCUT2D eigenvalue weighted by atomic mass is 35.5. The Bertz CT molecular complexity index is 1970. The molecule has 0 bridgehead atoms. The maximum absolute atomic E-state index is 13.8. The third-order valence-electron chi connectivity index (χ3n) is 9.02. The topological polar surface area (TPSA) is 64.1 Å². The lowest BCUT2D eigenvalue weighted by Gasteiger charge is -2.34. The van der Waals surface area contributed by atoms with E-state index in [1.165, 1.54) is 22.8 Å². The van der Waals surface area contributed by atoms with Crippen molar-refractivity contribution in [1.82, 2.24) is 14.8 Å². The largest absolute Gasteiger partial charge is 0.493 e. The molecule has 0 saturated carbocycles. The molecule has 1 aliphatic heterocycles. The number of benzene rings is 4. The van der Waals surface area contributed by atoms with Crippen LogP contribution in [0, 0.1) is 26.6 Å². The molecule has 0 atom stereocenters. The van der Waals surface area contributed by atoms with Crippen LogP contribution in [0.15, 0.2) is 103 Å². The van der Waals surface area contributed by atoms with Gasteiger partial charge in [0.25, 0.3) is 0 Å². The summed E-state index contributed by atoms with van der Waals surface area (Å²) in [6.07, 6.45) is 5.80. The van der Waals surface area contributed by atoms with E-state index in [1.54, 1.807) is 49.5 Å². The summed E-state index contributed by atoms with van der Waals surface area (Å²) in [4.78, 5) is 21.6. The third kappa shape index (κ3) is 10.2. The standard InChI is InChI=1S/C43H43ClFN3O4/c1-30-4-13-37(14-5-30)50-23-18-33-8-10-34(11-9-33)28-47-19-21-48(22-20-47)42(49)17-12-35-24-32(3)43(39(44)25-35)52-41-16-15-38(27-46-41)51-29-36-7-6-31(2)40(45)26-36/h4-17,24-27H,18-23,28-29H2,1-3H3. The van der Waals surface area contributed by atoms with E-state index in [0.717, 1.165) is 48.5 Å². The first-order chi connectivity index (χ1) is 25.2. The molecule has 1 fully saturated rings. The molecule has 0 N–H and O–H groups in total. The monoisotopic (exact) mass is 719 g/mol. The molecule has 7 nitrogen and oxygen atoms in total. The van der Waals surface area contributed by atoms with Crippen molar-refractivity contribution in [3.05, 3.63) is 153 Å². The second-order valence-corrected chi connectivity index (χ2v) is 13.5. The number of hydrogen-bond acceptors (Lipinski definition) is 6. The average molecular weight is 720 g/mol. The van der Waals surface area contributed by atoms with Crippen LogP contribution in [-0.4, -0.2) is 53.5 Å². The predicted molar refractivity (Wildman–Crippen MR) is 204 cm³/mol. The highest BCUT2D eigenvalue weighted by molar-refractivity contribution is 6.32. The number of hydrogen-bond donors (Lipinski definition) is 0. The van der Waals surface area contributed by atoms with Crippen LogP contribution in [0.4, 0.5) is 4.39 Å². The minimum atomic E-state index is -0.261. The normalized spacial score (nSPS) is 13.4. The predicted octanol–water partition coefficient (Wildman–Crippen LogP) is 9.15. The van der Waals surface area contributed by atoms with Crippen LogP contribution in [0.25, 0.3) is 6.08 Å². The number of piperazine rings is 1. The molecule has 9 heteroatoms. The van der Waals surface area contributed by atoms with Crippen molar-refractivity contribution < 1.29 is 23.4 Å². The number of nitrogens with zero attached hydrogens (tertiary/aromatic N) is 3. The average Bonchev–Trinajstić information content (AvgIpc) is 3.15. The summed E-state index contributed by atoms with van der Waals surface area (Å²) in [5, 5.41) is 0.410. The highest BCUT2D eigenvalue weighted by Gasteiger charge is 2.20. The van der Waals surface area contributed by atoms with Gasteiger partial charge in [0, 0.05) is 51.3 Å². The number of carbonyl (C=O) groups excluding carboxylic acids is 1. The fourth-order valence-electron chi connectivity index (χ4n) is 5.88. The number of amides is 1. The minimum absolute atomic E-state index is 0.0232. The number of aryl methyl sites for hydroxylation is 3. The summed E-state index contributed by atoms with van der Waals surface area (Å²) in [6.45, 7) is 10.4. The van der Waals surface area contributed by atoms with E-state index in [9.17, 15) is 9.18 Å². The van der Waals surface area contributed by atoms with E-state index < -0.39 is 0 Å². The molecule has 0 radical (unpaired) electrons. The van der Waals surface area contributed by atoms with Crippen molar-refractivity contribution in [2.45, 2.75) is 40.3 Å². The third-order valence-corrected chi connectivity index (χ3v) is 9.30. The Kier molecular flexibility index (Phi) is 12.2. The quantitative estimate of drug-likeness (QED) is 0.113. The fourth-order valence-corrected chi connectivity index (χ4v) is 6.20. The molecule has 2 heterocycles. The smallest absolute Gasteiger partial charge is 0.246 e. The van der Waals surface area contributed by atoms with Crippen molar-refractivity contribution >= 4 is 23.6 Å². The second kappa shape index (κ2) is 17.4. The molecule has 1 amide bonds. The summed E-state index contributed by atoms with van der Waals surface area (Å²) < 4.78 is 31.4. The van der Waals surface area contributed by atoms with E-state index in [4.69, 9.17) is 25.8 Å². The maximum atomic E-state index is 13.8. The lowest BCUT2D eigenvalue weighted by atomic mass is 10.1. The molecule has 5 aromatic rings. The molecule has 6 rings (SSSR count). The van der Waals surface area contributed by atoms with Crippen molar-refractivity contribution in [2.24, 2.45) is 0 Å². The van der Waals surface area contributed by atoms with Gasteiger partial charge in [-0.15, -0.1) is 0 Å². The zero-order chi connectivity index (χ0) is 36.5. The Balaban J connectivity index is 0.933. The first-order valence-corrected chi connectivity index (χ1v) is 17.8. The van der Waals surface area contributed by atoms with Gasteiger partial charge in [-0.3, -0.25) is 9.69 Å². The molecular weight excluding hydrogens is 677 g/mol. The van der Waals surface area contributed by atoms with E-state index in [1.807, 2.05) is 36.1 Å². The van der Waals surface area contributed by atoms with Crippen LogP contribution in [0.3, 0.4) is 0 Å². The number of rotatable bonds is 13. The van der Waals surface area contributed by atoms with Crippen molar-refractivity contribution in [2.75, 3.05) is 32.8 Å². The van der Waals surface area contributed by atoms with Crippen LogP contribution < -0.4 is 14.2 Å². The minimum Gasteiger partial charge on any atom is -0.493 e. The molecule has 52 heavy (non-hydrogen) atoms. The van der Waals surface area contributed by atoms with Crippen LogP contribution in [-0.2, 0) is 24.4 Å². The van der Waals surface area contributed by atoms with Gasteiger partial charge < -0.3 is 19.1 Å². The molecule has 4 aromatic carbocycles. The fraction of sp³-hybridized carbons (Fsp3) is 0.256. The van der Waals surface area contributed by atoms with Gasteiger partial charge in [0.2, 0.25) is 11.8 Å². The van der Waals surface area contributed by atoms with E-state index in [-0.39, 0.29) is 18.3 Å².